The first-order valence-corrected chi connectivity index (χ1v) is 7.75. The van der Waals surface area contributed by atoms with Crippen molar-refractivity contribution in [2.75, 3.05) is 0 Å². The van der Waals surface area contributed by atoms with Crippen molar-refractivity contribution in [3.8, 4) is 0 Å². The first-order chi connectivity index (χ1) is 8.46. The van der Waals surface area contributed by atoms with E-state index in [4.69, 9.17) is 11.6 Å². The van der Waals surface area contributed by atoms with E-state index in [0.29, 0.717) is 21.7 Å². The summed E-state index contributed by atoms with van der Waals surface area (Å²) in [5.74, 6) is 0. The van der Waals surface area contributed by atoms with Crippen LogP contribution in [0.15, 0.2) is 39.4 Å². The number of halogens is 1. The lowest BCUT2D eigenvalue weighted by molar-refractivity contribution is 0.112. The molecule has 0 aliphatic rings. The van der Waals surface area contributed by atoms with E-state index in [1.807, 2.05) is 0 Å². The van der Waals surface area contributed by atoms with Gasteiger partial charge in [0.25, 0.3) is 0 Å². The van der Waals surface area contributed by atoms with Crippen molar-refractivity contribution in [2.24, 2.45) is 0 Å². The summed E-state index contributed by atoms with van der Waals surface area (Å²) < 4.78 is 24.7. The van der Waals surface area contributed by atoms with Crippen molar-refractivity contribution in [3.05, 3.63) is 45.1 Å². The topological polar surface area (TPSA) is 51.2 Å². The molecule has 1 heterocycles. The molecule has 1 aromatic carbocycles. The zero-order valence-corrected chi connectivity index (χ0v) is 11.8. The smallest absolute Gasteiger partial charge is 0.207 e. The van der Waals surface area contributed by atoms with Gasteiger partial charge in [0.15, 0.2) is 6.29 Å². The Bertz CT molecular complexity index is 685. The predicted octanol–water partition coefficient (Wildman–Crippen LogP) is 3.36. The second-order valence-electron chi connectivity index (χ2n) is 3.66. The first kappa shape index (κ1) is 13.3. The zero-order valence-electron chi connectivity index (χ0n) is 9.38. The number of benzene rings is 1. The van der Waals surface area contributed by atoms with Crippen LogP contribution in [0.2, 0.25) is 5.02 Å². The Morgan fingerprint density at radius 1 is 1.22 bits per heavy atom. The highest BCUT2D eigenvalue weighted by atomic mass is 35.5. The van der Waals surface area contributed by atoms with Crippen LogP contribution in [0.5, 0.6) is 0 Å². The fourth-order valence-electron chi connectivity index (χ4n) is 1.54. The van der Waals surface area contributed by atoms with E-state index >= 15 is 0 Å². The molecule has 0 N–H and O–H groups in total. The molecule has 3 nitrogen and oxygen atoms in total. The van der Waals surface area contributed by atoms with Crippen LogP contribution in [0, 0.1) is 6.92 Å². The standard InChI is InChI=1S/C12H9ClO3S2/c1-8-11(6-14)17-7-12(8)18(15,16)10-4-2-9(13)3-5-10/h2-7H,1H3. The van der Waals surface area contributed by atoms with E-state index < -0.39 is 9.84 Å². The van der Waals surface area contributed by atoms with Crippen molar-refractivity contribution in [2.45, 2.75) is 16.7 Å². The van der Waals surface area contributed by atoms with Gasteiger partial charge >= 0.3 is 0 Å². The van der Waals surface area contributed by atoms with Gasteiger partial charge in [0.05, 0.1) is 14.7 Å². The van der Waals surface area contributed by atoms with Crippen LogP contribution in [0.3, 0.4) is 0 Å². The van der Waals surface area contributed by atoms with Crippen LogP contribution in [0.4, 0.5) is 0 Å². The van der Waals surface area contributed by atoms with E-state index in [1.165, 1.54) is 29.6 Å². The molecule has 6 heteroatoms. The summed E-state index contributed by atoms with van der Waals surface area (Å²) in [5, 5.41) is 1.97. The average Bonchev–Trinajstić information content (AvgIpc) is 2.71. The van der Waals surface area contributed by atoms with Gasteiger partial charge in [-0.1, -0.05) is 11.6 Å². The molecule has 0 bridgehead atoms. The van der Waals surface area contributed by atoms with Gasteiger partial charge in [0, 0.05) is 10.4 Å². The van der Waals surface area contributed by atoms with Crippen LogP contribution < -0.4 is 0 Å². The molecule has 18 heavy (non-hydrogen) atoms. The minimum Gasteiger partial charge on any atom is -0.297 e. The van der Waals surface area contributed by atoms with E-state index in [2.05, 4.69) is 0 Å². The molecular weight excluding hydrogens is 292 g/mol. The van der Waals surface area contributed by atoms with Gasteiger partial charge in [-0.05, 0) is 36.8 Å². The zero-order chi connectivity index (χ0) is 13.3. The molecule has 0 spiro atoms. The molecule has 0 saturated heterocycles. The highest BCUT2D eigenvalue weighted by Crippen LogP contribution is 2.30. The minimum absolute atomic E-state index is 0.172. The Labute approximate surface area is 114 Å². The largest absolute Gasteiger partial charge is 0.297 e. The number of thiophene rings is 1. The quantitative estimate of drug-likeness (QED) is 0.817. The molecule has 0 aliphatic carbocycles. The molecule has 0 amide bonds. The Morgan fingerprint density at radius 3 is 2.33 bits per heavy atom. The maximum absolute atomic E-state index is 12.3. The van der Waals surface area contributed by atoms with E-state index in [1.54, 1.807) is 6.92 Å². The number of sulfone groups is 1. The Balaban J connectivity index is 2.58. The van der Waals surface area contributed by atoms with Gasteiger partial charge in [0.1, 0.15) is 0 Å². The summed E-state index contributed by atoms with van der Waals surface area (Å²) in [4.78, 5) is 11.5. The lowest BCUT2D eigenvalue weighted by Gasteiger charge is -2.04. The van der Waals surface area contributed by atoms with E-state index in [0.717, 1.165) is 11.3 Å². The van der Waals surface area contributed by atoms with Crippen molar-refractivity contribution in [1.82, 2.24) is 0 Å². The second-order valence-corrected chi connectivity index (χ2v) is 6.93. The summed E-state index contributed by atoms with van der Waals surface area (Å²) in [6.45, 7) is 1.63. The summed E-state index contributed by atoms with van der Waals surface area (Å²) in [6.07, 6.45) is 0.668. The molecule has 1 aromatic heterocycles. The molecule has 94 valence electrons. The molecule has 0 unspecified atom stereocenters. The Hall–Kier alpha value is -1.17. The van der Waals surface area contributed by atoms with Crippen molar-refractivity contribution in [1.29, 1.82) is 0 Å². The molecule has 0 fully saturated rings. The molecule has 0 aliphatic heterocycles. The van der Waals surface area contributed by atoms with Gasteiger partial charge < -0.3 is 0 Å². The predicted molar refractivity (Wildman–Crippen MR) is 71.3 cm³/mol. The number of hydrogen-bond acceptors (Lipinski definition) is 4. The minimum atomic E-state index is -3.58. The molecule has 0 radical (unpaired) electrons. The molecular formula is C12H9ClO3S2. The Morgan fingerprint density at radius 2 is 1.83 bits per heavy atom. The summed E-state index contributed by atoms with van der Waals surface area (Å²) in [6, 6.07) is 5.96. The van der Waals surface area contributed by atoms with Gasteiger partial charge in [-0.3, -0.25) is 4.79 Å². The number of carbonyl (C=O) groups excluding carboxylic acids is 1. The molecule has 2 rings (SSSR count). The lowest BCUT2D eigenvalue weighted by Crippen LogP contribution is -2.02. The normalized spacial score (nSPS) is 11.4. The fourth-order valence-corrected chi connectivity index (χ4v) is 4.39. The van der Waals surface area contributed by atoms with Gasteiger partial charge in [-0.25, -0.2) is 8.42 Å². The van der Waals surface area contributed by atoms with Crippen LogP contribution in [-0.4, -0.2) is 14.7 Å². The van der Waals surface area contributed by atoms with Crippen molar-refractivity contribution >= 4 is 39.1 Å². The monoisotopic (exact) mass is 300 g/mol. The highest BCUT2D eigenvalue weighted by Gasteiger charge is 2.22. The van der Waals surface area contributed by atoms with Gasteiger partial charge in [0.2, 0.25) is 9.84 Å². The van der Waals surface area contributed by atoms with Gasteiger partial charge in [-0.2, -0.15) is 0 Å². The summed E-state index contributed by atoms with van der Waals surface area (Å²) in [7, 11) is -3.58. The van der Waals surface area contributed by atoms with Crippen molar-refractivity contribution < 1.29 is 13.2 Å². The maximum atomic E-state index is 12.3. The Kier molecular flexibility index (Phi) is 3.56. The van der Waals surface area contributed by atoms with E-state index in [9.17, 15) is 13.2 Å². The molecule has 2 aromatic rings. The second kappa shape index (κ2) is 4.84. The number of hydrogen-bond donors (Lipinski definition) is 0. The SMILES string of the molecule is Cc1c(S(=O)(=O)c2ccc(Cl)cc2)csc1C=O. The number of aldehydes is 1. The van der Waals surface area contributed by atoms with Crippen LogP contribution in [0.25, 0.3) is 0 Å². The number of rotatable bonds is 3. The summed E-state index contributed by atoms with van der Waals surface area (Å²) >= 11 is 6.85. The first-order valence-electron chi connectivity index (χ1n) is 5.00. The van der Waals surface area contributed by atoms with Crippen molar-refractivity contribution in [3.63, 3.8) is 0 Å². The fraction of sp³-hybridized carbons (Fsp3) is 0.0833. The van der Waals surface area contributed by atoms with Gasteiger partial charge in [-0.15, -0.1) is 11.3 Å². The highest BCUT2D eigenvalue weighted by molar-refractivity contribution is 7.91. The third-order valence-corrected chi connectivity index (χ3v) is 5.86. The van der Waals surface area contributed by atoms with Crippen LogP contribution in [-0.2, 0) is 9.84 Å². The number of carbonyl (C=O) groups is 1. The third kappa shape index (κ3) is 2.21. The molecule has 0 atom stereocenters. The summed E-state index contributed by atoms with van der Waals surface area (Å²) in [5.41, 5.74) is 0.491. The van der Waals surface area contributed by atoms with E-state index in [-0.39, 0.29) is 9.79 Å². The lowest BCUT2D eigenvalue weighted by atomic mass is 10.3. The third-order valence-electron chi connectivity index (χ3n) is 2.55. The maximum Gasteiger partial charge on any atom is 0.207 e. The molecule has 0 saturated carbocycles. The van der Waals surface area contributed by atoms with Crippen LogP contribution in [0.1, 0.15) is 15.2 Å². The average molecular weight is 301 g/mol. The van der Waals surface area contributed by atoms with Crippen LogP contribution >= 0.6 is 22.9 Å².